The van der Waals surface area contributed by atoms with Gasteiger partial charge in [-0.1, -0.05) is 47.5 Å². The predicted molar refractivity (Wildman–Crippen MR) is 107 cm³/mol. The molecule has 2 aromatic carbocycles. The van der Waals surface area contributed by atoms with E-state index in [9.17, 15) is 0 Å². The average Bonchev–Trinajstić information content (AvgIpc) is 2.63. The Morgan fingerprint density at radius 2 is 1.77 bits per heavy atom. The fourth-order valence-electron chi connectivity index (χ4n) is 2.50. The molecule has 1 aromatic heterocycles. The molecular weight excluding hydrogens is 371 g/mol. The molecule has 0 fully saturated rings. The van der Waals surface area contributed by atoms with E-state index in [4.69, 9.17) is 27.9 Å². The molecule has 0 aliphatic rings. The Hall–Kier alpha value is -2.50. The Balaban J connectivity index is 1.78. The summed E-state index contributed by atoms with van der Waals surface area (Å²) in [6, 6.07) is 15.1. The second kappa shape index (κ2) is 8.25. The Morgan fingerprint density at radius 3 is 2.58 bits per heavy atom. The van der Waals surface area contributed by atoms with Crippen molar-refractivity contribution in [2.75, 3.05) is 17.7 Å². The zero-order chi connectivity index (χ0) is 18.5. The highest BCUT2D eigenvalue weighted by Crippen LogP contribution is 2.31. The van der Waals surface area contributed by atoms with Gasteiger partial charge >= 0.3 is 0 Å². The zero-order valence-corrected chi connectivity index (χ0v) is 15.9. The Labute approximate surface area is 162 Å². The highest BCUT2D eigenvalue weighted by Gasteiger charge is 2.08. The molecule has 3 rings (SSSR count). The largest absolute Gasteiger partial charge is 0.496 e. The van der Waals surface area contributed by atoms with Crippen molar-refractivity contribution in [1.82, 2.24) is 9.97 Å². The minimum Gasteiger partial charge on any atom is -0.496 e. The summed E-state index contributed by atoms with van der Waals surface area (Å²) in [5.74, 6) is 2.79. The van der Waals surface area contributed by atoms with Gasteiger partial charge in [-0.25, -0.2) is 9.97 Å². The number of anilines is 3. The smallest absolute Gasteiger partial charge is 0.136 e. The number of aryl methyl sites for hydroxylation is 1. The van der Waals surface area contributed by atoms with Crippen molar-refractivity contribution < 1.29 is 4.74 Å². The normalized spacial score (nSPS) is 10.5. The van der Waals surface area contributed by atoms with E-state index in [2.05, 4.69) is 20.6 Å². The quantitative estimate of drug-likeness (QED) is 0.587. The van der Waals surface area contributed by atoms with E-state index in [1.54, 1.807) is 13.2 Å². The number of para-hydroxylation sites is 1. The van der Waals surface area contributed by atoms with E-state index in [0.29, 0.717) is 39.7 Å². The number of benzene rings is 2. The van der Waals surface area contributed by atoms with Crippen molar-refractivity contribution >= 4 is 40.5 Å². The summed E-state index contributed by atoms with van der Waals surface area (Å²) in [7, 11) is 1.66. The lowest BCUT2D eigenvalue weighted by atomic mass is 10.2. The summed E-state index contributed by atoms with van der Waals surface area (Å²) in [5.41, 5.74) is 1.73. The maximum absolute atomic E-state index is 6.23. The van der Waals surface area contributed by atoms with Crippen LogP contribution in [-0.4, -0.2) is 17.1 Å². The van der Waals surface area contributed by atoms with Gasteiger partial charge in [-0.3, -0.25) is 0 Å². The summed E-state index contributed by atoms with van der Waals surface area (Å²) in [5, 5.41) is 7.42. The molecule has 7 heteroatoms. The summed E-state index contributed by atoms with van der Waals surface area (Å²) in [6.45, 7) is 2.41. The molecule has 0 aliphatic carbocycles. The lowest BCUT2D eigenvalue weighted by Crippen LogP contribution is -2.06. The molecule has 0 radical (unpaired) electrons. The maximum atomic E-state index is 6.23. The van der Waals surface area contributed by atoms with Gasteiger partial charge in [0.2, 0.25) is 0 Å². The number of hydrogen-bond donors (Lipinski definition) is 2. The third-order valence-electron chi connectivity index (χ3n) is 3.70. The molecule has 1 heterocycles. The van der Waals surface area contributed by atoms with Crippen molar-refractivity contribution in [3.05, 3.63) is 70.0 Å². The number of aromatic nitrogens is 2. The van der Waals surface area contributed by atoms with Crippen molar-refractivity contribution in [3.8, 4) is 5.75 Å². The molecule has 0 saturated carbocycles. The topological polar surface area (TPSA) is 59.1 Å². The average molecular weight is 389 g/mol. The van der Waals surface area contributed by atoms with Crippen molar-refractivity contribution in [3.63, 3.8) is 0 Å². The predicted octanol–water partition coefficient (Wildman–Crippen LogP) is 5.46. The number of nitrogens with zero attached hydrogens (tertiary/aromatic N) is 2. The van der Waals surface area contributed by atoms with Gasteiger partial charge in [0.05, 0.1) is 22.8 Å². The molecule has 0 amide bonds. The minimum absolute atomic E-state index is 0.453. The Kier molecular flexibility index (Phi) is 5.81. The van der Waals surface area contributed by atoms with Crippen LogP contribution in [0.2, 0.25) is 10.0 Å². The lowest BCUT2D eigenvalue weighted by molar-refractivity contribution is 0.410. The minimum atomic E-state index is 0.453. The first-order valence-electron chi connectivity index (χ1n) is 7.99. The monoisotopic (exact) mass is 388 g/mol. The Morgan fingerprint density at radius 1 is 1.00 bits per heavy atom. The molecular formula is C19H18Cl2N4O. The molecule has 134 valence electrons. The Bertz CT molecular complexity index is 918. The van der Waals surface area contributed by atoms with E-state index in [-0.39, 0.29) is 0 Å². The molecule has 0 atom stereocenters. The molecule has 0 unspecified atom stereocenters. The van der Waals surface area contributed by atoms with E-state index in [1.807, 2.05) is 49.4 Å². The van der Waals surface area contributed by atoms with E-state index >= 15 is 0 Å². The second-order valence-electron chi connectivity index (χ2n) is 5.58. The van der Waals surface area contributed by atoms with Crippen LogP contribution in [-0.2, 0) is 6.54 Å². The van der Waals surface area contributed by atoms with Gasteiger partial charge in [0.15, 0.2) is 0 Å². The van der Waals surface area contributed by atoms with E-state index < -0.39 is 0 Å². The lowest BCUT2D eigenvalue weighted by Gasteiger charge is -2.13. The first kappa shape index (κ1) is 18.3. The van der Waals surface area contributed by atoms with Crippen LogP contribution in [0.5, 0.6) is 5.75 Å². The highest BCUT2D eigenvalue weighted by atomic mass is 35.5. The molecule has 0 spiro atoms. The molecule has 0 bridgehead atoms. The van der Waals surface area contributed by atoms with Crippen LogP contribution in [0, 0.1) is 6.92 Å². The molecule has 26 heavy (non-hydrogen) atoms. The van der Waals surface area contributed by atoms with Crippen LogP contribution in [0.25, 0.3) is 0 Å². The summed E-state index contributed by atoms with van der Waals surface area (Å²) < 4.78 is 5.37. The van der Waals surface area contributed by atoms with Gasteiger partial charge in [-0.2, -0.15) is 0 Å². The summed E-state index contributed by atoms with van der Waals surface area (Å²) in [6.07, 6.45) is 0. The third-order valence-corrected chi connectivity index (χ3v) is 4.52. The zero-order valence-electron chi connectivity index (χ0n) is 14.4. The summed E-state index contributed by atoms with van der Waals surface area (Å²) >= 11 is 12.3. The number of methoxy groups -OCH3 is 1. The number of rotatable bonds is 6. The van der Waals surface area contributed by atoms with Crippen LogP contribution in [0.3, 0.4) is 0 Å². The van der Waals surface area contributed by atoms with Crippen molar-refractivity contribution in [2.45, 2.75) is 13.5 Å². The SMILES string of the molecule is COc1ccccc1CNc1cc(Nc2cccc(Cl)c2Cl)nc(C)n1. The molecule has 3 aromatic rings. The number of hydrogen-bond acceptors (Lipinski definition) is 5. The van der Waals surface area contributed by atoms with Crippen molar-refractivity contribution in [2.24, 2.45) is 0 Å². The molecule has 2 N–H and O–H groups in total. The van der Waals surface area contributed by atoms with Crippen LogP contribution >= 0.6 is 23.2 Å². The molecule has 0 aliphatic heterocycles. The third kappa shape index (κ3) is 4.36. The van der Waals surface area contributed by atoms with Gasteiger partial charge in [0, 0.05) is 18.2 Å². The van der Waals surface area contributed by atoms with Gasteiger partial charge in [-0.05, 0) is 25.1 Å². The number of halogens is 2. The number of nitrogens with one attached hydrogen (secondary N) is 2. The van der Waals surface area contributed by atoms with Crippen LogP contribution in [0.1, 0.15) is 11.4 Å². The fourth-order valence-corrected chi connectivity index (χ4v) is 2.84. The second-order valence-corrected chi connectivity index (χ2v) is 6.36. The van der Waals surface area contributed by atoms with E-state index in [1.165, 1.54) is 0 Å². The standard InChI is InChI=1S/C19H18Cl2N4O/c1-12-23-17(22-11-13-6-3-4-9-16(13)26-2)10-18(24-12)25-15-8-5-7-14(20)19(15)21/h3-10H,11H2,1-2H3,(H2,22,23,24,25). The van der Waals surface area contributed by atoms with Gasteiger partial charge in [0.1, 0.15) is 23.2 Å². The van der Waals surface area contributed by atoms with Gasteiger partial charge in [-0.15, -0.1) is 0 Å². The first-order chi connectivity index (χ1) is 12.6. The first-order valence-corrected chi connectivity index (χ1v) is 8.75. The maximum Gasteiger partial charge on any atom is 0.136 e. The van der Waals surface area contributed by atoms with Gasteiger partial charge in [0.25, 0.3) is 0 Å². The van der Waals surface area contributed by atoms with Crippen LogP contribution < -0.4 is 15.4 Å². The van der Waals surface area contributed by atoms with Crippen LogP contribution in [0.15, 0.2) is 48.5 Å². The highest BCUT2D eigenvalue weighted by molar-refractivity contribution is 6.43. The van der Waals surface area contributed by atoms with Crippen LogP contribution in [0.4, 0.5) is 17.3 Å². The van der Waals surface area contributed by atoms with E-state index in [0.717, 1.165) is 11.3 Å². The van der Waals surface area contributed by atoms with Crippen molar-refractivity contribution in [1.29, 1.82) is 0 Å². The fraction of sp³-hybridized carbons (Fsp3) is 0.158. The van der Waals surface area contributed by atoms with Gasteiger partial charge < -0.3 is 15.4 Å². The molecule has 0 saturated heterocycles. The number of ether oxygens (including phenoxy) is 1. The molecule has 5 nitrogen and oxygen atoms in total. The summed E-state index contributed by atoms with van der Waals surface area (Å²) in [4.78, 5) is 8.82.